The van der Waals surface area contributed by atoms with Crippen LogP contribution in [0.25, 0.3) is 0 Å². The van der Waals surface area contributed by atoms with Gasteiger partial charge >= 0.3 is 0 Å². The van der Waals surface area contributed by atoms with Crippen molar-refractivity contribution in [3.8, 4) is 0 Å². The van der Waals surface area contributed by atoms with Gasteiger partial charge in [-0.05, 0) is 19.5 Å². The summed E-state index contributed by atoms with van der Waals surface area (Å²) in [6.45, 7) is 9.50. The summed E-state index contributed by atoms with van der Waals surface area (Å²) < 4.78 is 25.8. The molecule has 1 aromatic rings. The van der Waals surface area contributed by atoms with Crippen molar-refractivity contribution in [2.24, 2.45) is 0 Å². The van der Waals surface area contributed by atoms with Gasteiger partial charge in [0.1, 0.15) is 0 Å². The second kappa shape index (κ2) is 6.47. The van der Waals surface area contributed by atoms with Crippen LogP contribution in [-0.4, -0.2) is 32.9 Å². The van der Waals surface area contributed by atoms with Gasteiger partial charge in [-0.1, -0.05) is 19.1 Å². The second-order valence-corrected chi connectivity index (χ2v) is 7.29. The van der Waals surface area contributed by atoms with Crippen molar-refractivity contribution in [2.45, 2.75) is 25.3 Å². The molecule has 1 heterocycles. The average Bonchev–Trinajstić information content (AvgIpc) is 2.74. The number of nitrogens with one attached hydrogen (secondary N) is 1. The third kappa shape index (κ3) is 3.91. The maximum atomic E-state index is 12.2. The molecule has 0 fully saturated rings. The first kappa shape index (κ1) is 15.4. The zero-order valence-electron chi connectivity index (χ0n) is 11.1. The molecule has 1 rings (SSSR count). The highest BCUT2D eigenvalue weighted by atomic mass is 32.2. The van der Waals surface area contributed by atoms with E-state index >= 15 is 0 Å². The molecule has 4 nitrogen and oxygen atoms in total. The van der Waals surface area contributed by atoms with E-state index < -0.39 is 10.0 Å². The van der Waals surface area contributed by atoms with Gasteiger partial charge in [-0.3, -0.25) is 0 Å². The number of likely N-dealkylation sites (N-methyl/N-ethyl adjacent to an activating group) is 1. The predicted molar refractivity (Wildman–Crippen MR) is 76.3 cm³/mol. The molecule has 0 atom stereocenters. The average molecular weight is 288 g/mol. The standard InChI is InChI=1S/C12H20N2O2S2/c1-5-13-7-11-6-12(9-17-11)18(15,16)14(4)8-10(2)3/h6,9,13H,2,5,7-8H2,1,3-4H3. The molecule has 0 radical (unpaired) electrons. The highest BCUT2D eigenvalue weighted by molar-refractivity contribution is 7.89. The Bertz CT molecular complexity index is 506. The minimum atomic E-state index is -3.38. The molecular weight excluding hydrogens is 268 g/mol. The van der Waals surface area contributed by atoms with Gasteiger partial charge in [0.25, 0.3) is 0 Å². The van der Waals surface area contributed by atoms with Gasteiger partial charge in [0.2, 0.25) is 10.0 Å². The summed E-state index contributed by atoms with van der Waals surface area (Å²) in [6, 6.07) is 1.73. The third-order valence-corrected chi connectivity index (χ3v) is 5.25. The SMILES string of the molecule is C=C(C)CN(C)S(=O)(=O)c1csc(CNCC)c1. The van der Waals surface area contributed by atoms with Crippen LogP contribution in [0.5, 0.6) is 0 Å². The van der Waals surface area contributed by atoms with Crippen molar-refractivity contribution in [1.82, 2.24) is 9.62 Å². The lowest BCUT2D eigenvalue weighted by Crippen LogP contribution is -2.28. The highest BCUT2D eigenvalue weighted by Gasteiger charge is 2.21. The molecule has 0 saturated heterocycles. The molecule has 0 saturated carbocycles. The van der Waals surface area contributed by atoms with Gasteiger partial charge in [0.05, 0.1) is 4.90 Å². The molecule has 0 aliphatic carbocycles. The predicted octanol–water partition coefficient (Wildman–Crippen LogP) is 2.05. The highest BCUT2D eigenvalue weighted by Crippen LogP contribution is 2.22. The Morgan fingerprint density at radius 3 is 2.78 bits per heavy atom. The number of sulfonamides is 1. The van der Waals surface area contributed by atoms with E-state index in [1.807, 2.05) is 13.8 Å². The first-order valence-corrected chi connectivity index (χ1v) is 8.08. The minimum absolute atomic E-state index is 0.348. The summed E-state index contributed by atoms with van der Waals surface area (Å²) in [4.78, 5) is 1.39. The number of hydrogen-bond donors (Lipinski definition) is 1. The molecule has 6 heteroatoms. The summed E-state index contributed by atoms with van der Waals surface area (Å²) in [5, 5.41) is 4.87. The summed E-state index contributed by atoms with van der Waals surface area (Å²) >= 11 is 1.46. The van der Waals surface area contributed by atoms with Gasteiger partial charge in [-0.2, -0.15) is 4.31 Å². The summed E-state index contributed by atoms with van der Waals surface area (Å²) in [5.74, 6) is 0. The number of thiophene rings is 1. The van der Waals surface area contributed by atoms with Gasteiger partial charge in [0, 0.05) is 30.4 Å². The monoisotopic (exact) mass is 288 g/mol. The summed E-state index contributed by atoms with van der Waals surface area (Å²) in [7, 11) is -1.81. The van der Waals surface area contributed by atoms with E-state index in [0.717, 1.165) is 17.0 Å². The van der Waals surface area contributed by atoms with Gasteiger partial charge in [-0.15, -0.1) is 11.3 Å². The first-order valence-electron chi connectivity index (χ1n) is 5.76. The van der Waals surface area contributed by atoms with Crippen molar-refractivity contribution in [2.75, 3.05) is 20.1 Å². The molecule has 0 amide bonds. The Balaban J connectivity index is 2.85. The van der Waals surface area contributed by atoms with Crippen molar-refractivity contribution in [3.05, 3.63) is 28.5 Å². The molecule has 0 aliphatic heterocycles. The Labute approximate surface area is 113 Å². The molecule has 0 bridgehead atoms. The van der Waals surface area contributed by atoms with Crippen molar-refractivity contribution in [3.63, 3.8) is 0 Å². The molecule has 0 unspecified atom stereocenters. The van der Waals surface area contributed by atoms with E-state index in [-0.39, 0.29) is 0 Å². The lowest BCUT2D eigenvalue weighted by atomic mass is 10.4. The minimum Gasteiger partial charge on any atom is -0.312 e. The maximum Gasteiger partial charge on any atom is 0.243 e. The fourth-order valence-corrected chi connectivity index (χ4v) is 3.94. The largest absolute Gasteiger partial charge is 0.312 e. The van der Waals surface area contributed by atoms with Crippen LogP contribution in [0, 0.1) is 0 Å². The van der Waals surface area contributed by atoms with Crippen molar-refractivity contribution >= 4 is 21.4 Å². The Kier molecular flexibility index (Phi) is 5.52. The number of hydrogen-bond acceptors (Lipinski definition) is 4. The van der Waals surface area contributed by atoms with Crippen molar-refractivity contribution in [1.29, 1.82) is 0 Å². The van der Waals surface area contributed by atoms with E-state index in [2.05, 4.69) is 11.9 Å². The molecular formula is C12H20N2O2S2. The van der Waals surface area contributed by atoms with Crippen LogP contribution in [0.1, 0.15) is 18.7 Å². The van der Waals surface area contributed by atoms with Crippen molar-refractivity contribution < 1.29 is 8.42 Å². The first-order chi connectivity index (χ1) is 8.37. The lowest BCUT2D eigenvalue weighted by Gasteiger charge is -2.15. The molecule has 1 N–H and O–H groups in total. The van der Waals surface area contributed by atoms with Gasteiger partial charge in [-0.25, -0.2) is 8.42 Å². The molecule has 0 aliphatic rings. The van der Waals surface area contributed by atoms with Crippen LogP contribution in [0.2, 0.25) is 0 Å². The zero-order chi connectivity index (χ0) is 13.8. The van der Waals surface area contributed by atoms with Gasteiger partial charge in [0.15, 0.2) is 0 Å². The van der Waals surface area contributed by atoms with Crippen LogP contribution in [0.4, 0.5) is 0 Å². The Hall–Kier alpha value is -0.690. The lowest BCUT2D eigenvalue weighted by molar-refractivity contribution is 0.493. The van der Waals surface area contributed by atoms with E-state index in [1.165, 1.54) is 15.6 Å². The van der Waals surface area contributed by atoms with E-state index in [4.69, 9.17) is 0 Å². The maximum absolute atomic E-state index is 12.2. The molecule has 0 aromatic carbocycles. The second-order valence-electron chi connectivity index (χ2n) is 4.25. The van der Waals surface area contributed by atoms with E-state index in [0.29, 0.717) is 18.0 Å². The van der Waals surface area contributed by atoms with Crippen LogP contribution in [0.15, 0.2) is 28.5 Å². The van der Waals surface area contributed by atoms with Crippen LogP contribution >= 0.6 is 11.3 Å². The quantitative estimate of drug-likeness (QED) is 0.781. The smallest absolute Gasteiger partial charge is 0.243 e. The zero-order valence-corrected chi connectivity index (χ0v) is 12.7. The van der Waals surface area contributed by atoms with Crippen LogP contribution in [0.3, 0.4) is 0 Å². The Morgan fingerprint density at radius 1 is 1.56 bits per heavy atom. The fraction of sp³-hybridized carbons (Fsp3) is 0.500. The topological polar surface area (TPSA) is 49.4 Å². The summed E-state index contributed by atoms with van der Waals surface area (Å²) in [5.41, 5.74) is 0.823. The Morgan fingerprint density at radius 2 is 2.22 bits per heavy atom. The van der Waals surface area contributed by atoms with E-state index in [9.17, 15) is 8.42 Å². The van der Waals surface area contributed by atoms with Crippen LogP contribution in [-0.2, 0) is 16.6 Å². The molecule has 18 heavy (non-hydrogen) atoms. The van der Waals surface area contributed by atoms with Gasteiger partial charge < -0.3 is 5.32 Å². The number of rotatable bonds is 7. The molecule has 0 spiro atoms. The molecule has 102 valence electrons. The normalized spacial score (nSPS) is 12.0. The fourth-order valence-electron chi connectivity index (χ4n) is 1.48. The third-order valence-electron chi connectivity index (χ3n) is 2.38. The summed E-state index contributed by atoms with van der Waals surface area (Å²) in [6.07, 6.45) is 0. The number of nitrogens with zero attached hydrogens (tertiary/aromatic N) is 1. The van der Waals surface area contributed by atoms with Crippen LogP contribution < -0.4 is 5.32 Å². The molecule has 1 aromatic heterocycles. The van der Waals surface area contributed by atoms with E-state index in [1.54, 1.807) is 18.5 Å².